The van der Waals surface area contributed by atoms with Gasteiger partial charge in [-0.25, -0.2) is 4.79 Å². The van der Waals surface area contributed by atoms with Crippen molar-refractivity contribution in [3.8, 4) is 0 Å². The number of aliphatic hydroxyl groups is 2. The van der Waals surface area contributed by atoms with Crippen molar-refractivity contribution in [1.29, 1.82) is 0 Å². The van der Waals surface area contributed by atoms with Gasteiger partial charge in [0.05, 0.1) is 18.6 Å². The van der Waals surface area contributed by atoms with E-state index in [1.807, 2.05) is 12.2 Å². The number of allylic oxidation sites excluding steroid dienone is 3. The molecule has 2 heterocycles. The molecular weight excluding hydrogens is 400 g/mol. The Morgan fingerprint density at radius 2 is 2.17 bits per heavy atom. The number of hydrogen-bond donors (Lipinski definition) is 3. The molecule has 1 fully saturated rings. The molecule has 0 radical (unpaired) electrons. The molecule has 4 atom stereocenters. The van der Waals surface area contributed by atoms with Crippen molar-refractivity contribution in [3.05, 3.63) is 46.6 Å². The summed E-state index contributed by atoms with van der Waals surface area (Å²) in [6.45, 7) is 1.88. The average Bonchev–Trinajstić information content (AvgIpc) is 3.02. The SMILES string of the molecule is CC(=CC(O)C1OC(CCC(Cl)=CCC=C2C=CC(=O)OC2)CC1O)CC(=O)O. The van der Waals surface area contributed by atoms with E-state index in [4.69, 9.17) is 26.2 Å². The fraction of sp³-hybridized carbons (Fsp3) is 0.524. The number of cyclic esters (lactones) is 1. The number of carboxylic acid groups (broad SMARTS) is 1. The first-order chi connectivity index (χ1) is 13.7. The van der Waals surface area contributed by atoms with Crippen LogP contribution >= 0.6 is 11.6 Å². The number of ether oxygens (including phenoxy) is 2. The summed E-state index contributed by atoms with van der Waals surface area (Å²) in [6, 6.07) is 0. The van der Waals surface area contributed by atoms with Gasteiger partial charge in [-0.1, -0.05) is 35.4 Å². The molecule has 0 aromatic carbocycles. The van der Waals surface area contributed by atoms with Gasteiger partial charge in [0, 0.05) is 17.5 Å². The highest BCUT2D eigenvalue weighted by Gasteiger charge is 2.37. The predicted molar refractivity (Wildman–Crippen MR) is 107 cm³/mol. The number of esters is 1. The van der Waals surface area contributed by atoms with Gasteiger partial charge in [0.25, 0.3) is 0 Å². The molecule has 0 aliphatic carbocycles. The Labute approximate surface area is 175 Å². The van der Waals surface area contributed by atoms with Crippen molar-refractivity contribution in [2.24, 2.45) is 0 Å². The van der Waals surface area contributed by atoms with E-state index in [1.165, 1.54) is 12.2 Å². The first-order valence-corrected chi connectivity index (χ1v) is 9.91. The number of carboxylic acids is 1. The van der Waals surface area contributed by atoms with Crippen molar-refractivity contribution in [3.63, 3.8) is 0 Å². The van der Waals surface area contributed by atoms with Crippen LogP contribution in [0.15, 0.2) is 46.6 Å². The Hall–Kier alpha value is -1.93. The Balaban J connectivity index is 1.78. The molecule has 0 aromatic rings. The summed E-state index contributed by atoms with van der Waals surface area (Å²) in [7, 11) is 0. The summed E-state index contributed by atoms with van der Waals surface area (Å²) in [5, 5.41) is 29.8. The van der Waals surface area contributed by atoms with Crippen LogP contribution in [-0.2, 0) is 19.1 Å². The summed E-state index contributed by atoms with van der Waals surface area (Å²) < 4.78 is 10.7. The largest absolute Gasteiger partial charge is 0.481 e. The summed E-state index contributed by atoms with van der Waals surface area (Å²) in [6.07, 6.45) is 7.42. The number of hydrogen-bond acceptors (Lipinski definition) is 6. The minimum atomic E-state index is -1.07. The highest BCUT2D eigenvalue weighted by atomic mass is 35.5. The van der Waals surface area contributed by atoms with Crippen LogP contribution in [0.3, 0.4) is 0 Å². The zero-order valence-electron chi connectivity index (χ0n) is 16.3. The first kappa shape index (κ1) is 23.3. The maximum Gasteiger partial charge on any atom is 0.331 e. The minimum Gasteiger partial charge on any atom is -0.481 e. The van der Waals surface area contributed by atoms with Gasteiger partial charge >= 0.3 is 11.9 Å². The van der Waals surface area contributed by atoms with Crippen LogP contribution in [0.25, 0.3) is 0 Å². The number of carbonyl (C=O) groups is 2. The fourth-order valence-corrected chi connectivity index (χ4v) is 3.44. The number of aliphatic hydroxyl groups excluding tert-OH is 2. The van der Waals surface area contributed by atoms with Crippen molar-refractivity contribution in [2.45, 2.75) is 63.4 Å². The van der Waals surface area contributed by atoms with Crippen LogP contribution in [0.5, 0.6) is 0 Å². The second-order valence-electron chi connectivity index (χ2n) is 7.25. The lowest BCUT2D eigenvalue weighted by molar-refractivity contribution is -0.137. The number of carbonyl (C=O) groups excluding carboxylic acids is 1. The van der Waals surface area contributed by atoms with Crippen LogP contribution in [0.1, 0.15) is 39.0 Å². The van der Waals surface area contributed by atoms with Crippen molar-refractivity contribution < 1.29 is 34.4 Å². The molecule has 0 spiro atoms. The van der Waals surface area contributed by atoms with E-state index in [0.29, 0.717) is 36.3 Å². The summed E-state index contributed by atoms with van der Waals surface area (Å²) in [5.74, 6) is -1.32. The molecule has 2 rings (SSSR count). The van der Waals surface area contributed by atoms with Gasteiger partial charge in [0.15, 0.2) is 0 Å². The zero-order chi connectivity index (χ0) is 21.4. The van der Waals surface area contributed by atoms with Gasteiger partial charge in [0.1, 0.15) is 18.8 Å². The highest BCUT2D eigenvalue weighted by Crippen LogP contribution is 2.28. The molecule has 160 valence electrons. The zero-order valence-corrected chi connectivity index (χ0v) is 17.0. The lowest BCUT2D eigenvalue weighted by Crippen LogP contribution is -2.33. The summed E-state index contributed by atoms with van der Waals surface area (Å²) >= 11 is 6.25. The monoisotopic (exact) mass is 426 g/mol. The quantitative estimate of drug-likeness (QED) is 0.383. The number of aliphatic carboxylic acids is 1. The normalized spacial score (nSPS) is 27.9. The van der Waals surface area contributed by atoms with Crippen LogP contribution in [0.4, 0.5) is 0 Å². The third-order valence-corrected chi connectivity index (χ3v) is 5.04. The number of rotatable bonds is 9. The Morgan fingerprint density at radius 3 is 2.83 bits per heavy atom. The molecule has 0 saturated carbocycles. The highest BCUT2D eigenvalue weighted by molar-refractivity contribution is 6.29. The molecule has 7 nitrogen and oxygen atoms in total. The number of halogens is 1. The van der Waals surface area contributed by atoms with Gasteiger partial charge in [0.2, 0.25) is 0 Å². The molecule has 3 N–H and O–H groups in total. The van der Waals surface area contributed by atoms with Crippen molar-refractivity contribution in [1.82, 2.24) is 0 Å². The van der Waals surface area contributed by atoms with Gasteiger partial charge in [-0.15, -0.1) is 0 Å². The van der Waals surface area contributed by atoms with Gasteiger partial charge < -0.3 is 24.8 Å². The summed E-state index contributed by atoms with van der Waals surface area (Å²) in [5.41, 5.74) is 1.42. The van der Waals surface area contributed by atoms with Crippen LogP contribution in [0, 0.1) is 0 Å². The molecule has 4 unspecified atom stereocenters. The lowest BCUT2D eigenvalue weighted by Gasteiger charge is -2.19. The maximum atomic E-state index is 10.9. The van der Waals surface area contributed by atoms with Crippen LogP contribution in [-0.4, -0.2) is 58.3 Å². The topological polar surface area (TPSA) is 113 Å². The van der Waals surface area contributed by atoms with Gasteiger partial charge in [-0.05, 0) is 37.8 Å². The Bertz CT molecular complexity index is 723. The minimum absolute atomic E-state index is 0.169. The van der Waals surface area contributed by atoms with Gasteiger partial charge in [-0.2, -0.15) is 0 Å². The van der Waals surface area contributed by atoms with Crippen LogP contribution in [0.2, 0.25) is 0 Å². The van der Waals surface area contributed by atoms with E-state index in [0.717, 1.165) is 5.57 Å². The molecule has 0 amide bonds. The van der Waals surface area contributed by atoms with E-state index < -0.39 is 24.3 Å². The fourth-order valence-electron chi connectivity index (χ4n) is 3.24. The van der Waals surface area contributed by atoms with Crippen molar-refractivity contribution in [2.75, 3.05) is 6.61 Å². The Kier molecular flexibility index (Phi) is 9.10. The van der Waals surface area contributed by atoms with E-state index >= 15 is 0 Å². The van der Waals surface area contributed by atoms with E-state index in [9.17, 15) is 19.8 Å². The third-order valence-electron chi connectivity index (χ3n) is 4.69. The van der Waals surface area contributed by atoms with Crippen molar-refractivity contribution >= 4 is 23.5 Å². The standard InChI is InChI=1S/C21H27ClO7/c1-13(10-19(25)26)9-17(23)21-18(24)11-16(29-21)7-6-15(22)4-2-3-14-5-8-20(27)28-12-14/h3-5,8-9,16-18,21,23-24H,2,6-7,10-12H2,1H3,(H,25,26). The molecule has 2 aliphatic heterocycles. The summed E-state index contributed by atoms with van der Waals surface area (Å²) in [4.78, 5) is 21.7. The predicted octanol–water partition coefficient (Wildman–Crippen LogP) is 2.62. The van der Waals surface area contributed by atoms with Crippen LogP contribution < -0.4 is 0 Å². The molecular formula is C21H27ClO7. The van der Waals surface area contributed by atoms with E-state index in [-0.39, 0.29) is 25.1 Å². The van der Waals surface area contributed by atoms with E-state index in [2.05, 4.69) is 0 Å². The molecule has 0 bridgehead atoms. The first-order valence-electron chi connectivity index (χ1n) is 9.53. The molecule has 29 heavy (non-hydrogen) atoms. The smallest absolute Gasteiger partial charge is 0.331 e. The third kappa shape index (κ3) is 8.14. The Morgan fingerprint density at radius 1 is 1.41 bits per heavy atom. The molecule has 8 heteroatoms. The lowest BCUT2D eigenvalue weighted by atomic mass is 10.0. The maximum absolute atomic E-state index is 10.9. The van der Waals surface area contributed by atoms with Gasteiger partial charge in [-0.3, -0.25) is 4.79 Å². The second-order valence-corrected chi connectivity index (χ2v) is 7.73. The molecule has 1 saturated heterocycles. The molecule has 2 aliphatic rings. The van der Waals surface area contributed by atoms with E-state index in [1.54, 1.807) is 13.0 Å². The average molecular weight is 427 g/mol. The molecule has 0 aromatic heterocycles. The second kappa shape index (κ2) is 11.3.